The Morgan fingerprint density at radius 2 is 1.73 bits per heavy atom. The lowest BCUT2D eigenvalue weighted by Crippen LogP contribution is -2.67. The van der Waals surface area contributed by atoms with Crippen LogP contribution in [0.2, 0.25) is 0 Å². The molecule has 6 nitrogen and oxygen atoms in total. The summed E-state index contributed by atoms with van der Waals surface area (Å²) in [5.41, 5.74) is -1.72. The smallest absolute Gasteiger partial charge is 0.410 e. The summed E-state index contributed by atoms with van der Waals surface area (Å²) in [6.45, 7) is 14.3. The quantitative estimate of drug-likeness (QED) is 0.209. The molecule has 2 N–H and O–H groups in total. The highest BCUT2D eigenvalue weighted by atomic mass is 32.1. The highest BCUT2D eigenvalue weighted by Gasteiger charge is 2.74. The summed E-state index contributed by atoms with van der Waals surface area (Å²) in [6.07, 6.45) is 15.7. The maximum absolute atomic E-state index is 15.1. The molecule has 1 aromatic carbocycles. The number of ketones is 1. The van der Waals surface area contributed by atoms with E-state index in [9.17, 15) is 15.0 Å². The summed E-state index contributed by atoms with van der Waals surface area (Å²) < 4.78 is 7.52. The van der Waals surface area contributed by atoms with Gasteiger partial charge in [0.25, 0.3) is 0 Å². The summed E-state index contributed by atoms with van der Waals surface area (Å²) in [7, 11) is 0. The Labute approximate surface area is 315 Å². The predicted molar refractivity (Wildman–Crippen MR) is 208 cm³/mol. The highest BCUT2D eigenvalue weighted by molar-refractivity contribution is 7.21. The van der Waals surface area contributed by atoms with E-state index in [0.29, 0.717) is 37.1 Å². The second kappa shape index (κ2) is 12.8. The largest absolute Gasteiger partial charge is 0.446 e. The molecule has 1 unspecified atom stereocenters. The van der Waals surface area contributed by atoms with E-state index in [4.69, 9.17) is 4.74 Å². The molecular weight excluding hydrogens is 667 g/mol. The summed E-state index contributed by atoms with van der Waals surface area (Å²) >= 11 is 1.58. The Bertz CT molecular complexity index is 1760. The fraction of sp³-hybridized carbons (Fsp3) is 0.689. The van der Waals surface area contributed by atoms with Gasteiger partial charge in [0, 0.05) is 33.1 Å². The van der Waals surface area contributed by atoms with Crippen LogP contribution in [0.4, 0.5) is 4.79 Å². The van der Waals surface area contributed by atoms with Crippen LogP contribution in [0.15, 0.2) is 54.1 Å². The van der Waals surface area contributed by atoms with Crippen molar-refractivity contribution in [1.82, 2.24) is 4.90 Å². The van der Waals surface area contributed by atoms with Gasteiger partial charge in [-0.15, -0.1) is 11.3 Å². The number of carbonyl (C=O) groups excluding carboxylic acids is 2. The molecule has 9 rings (SSSR count). The van der Waals surface area contributed by atoms with Crippen LogP contribution in [0.1, 0.15) is 122 Å². The van der Waals surface area contributed by atoms with E-state index in [1.807, 2.05) is 17.0 Å². The molecule has 0 saturated heterocycles. The minimum absolute atomic E-state index is 0.0376. The highest BCUT2D eigenvalue weighted by Crippen LogP contribution is 2.78. The number of thiophene rings is 1. The Balaban J connectivity index is 1.15. The number of nitrogens with zero attached hydrogens (tertiary/aromatic N) is 1. The third kappa shape index (κ3) is 5.21. The fourth-order valence-electron chi connectivity index (χ4n) is 13.1. The molecule has 1 aromatic heterocycles. The molecule has 4 fully saturated rings. The van der Waals surface area contributed by atoms with E-state index in [1.54, 1.807) is 11.3 Å². The van der Waals surface area contributed by atoms with Gasteiger partial charge in [-0.25, -0.2) is 4.79 Å². The number of benzene rings is 1. The van der Waals surface area contributed by atoms with E-state index in [2.05, 4.69) is 78.0 Å². The summed E-state index contributed by atoms with van der Waals surface area (Å²) in [4.78, 5) is 31.8. The molecule has 52 heavy (non-hydrogen) atoms. The minimum atomic E-state index is -1.11. The van der Waals surface area contributed by atoms with Crippen LogP contribution in [0.5, 0.6) is 0 Å². The van der Waals surface area contributed by atoms with Crippen molar-refractivity contribution in [2.24, 2.45) is 51.2 Å². The maximum Gasteiger partial charge on any atom is 0.410 e. The zero-order valence-corrected chi connectivity index (χ0v) is 33.1. The average Bonchev–Trinajstić information content (AvgIpc) is 3.66. The Morgan fingerprint density at radius 3 is 2.48 bits per heavy atom. The summed E-state index contributed by atoms with van der Waals surface area (Å²) in [5, 5.41) is 25.2. The van der Waals surface area contributed by atoms with E-state index >= 15 is 4.79 Å². The van der Waals surface area contributed by atoms with Crippen molar-refractivity contribution in [1.29, 1.82) is 0 Å². The number of fused-ring (bicyclic) bond motifs is 2. The predicted octanol–water partition coefficient (Wildman–Crippen LogP) is 9.98. The number of carbonyl (C=O) groups is 2. The second-order valence-corrected chi connectivity index (χ2v) is 20.0. The van der Waals surface area contributed by atoms with Crippen molar-refractivity contribution in [2.75, 3.05) is 13.1 Å². The number of allylic oxidation sites excluding steroid dienone is 4. The normalized spacial score (nSPS) is 42.1. The molecule has 0 radical (unpaired) electrons. The van der Waals surface area contributed by atoms with Gasteiger partial charge in [0.2, 0.25) is 0 Å². The molecule has 1 amide bonds. The van der Waals surface area contributed by atoms with Crippen LogP contribution in [-0.4, -0.2) is 57.9 Å². The van der Waals surface area contributed by atoms with Crippen LogP contribution < -0.4 is 0 Å². The number of hydrogen-bond acceptors (Lipinski definition) is 6. The van der Waals surface area contributed by atoms with Crippen LogP contribution >= 0.6 is 11.3 Å². The molecule has 2 bridgehead atoms. The number of rotatable bonds is 8. The Kier molecular flexibility index (Phi) is 8.98. The number of aliphatic hydroxyl groups is 2. The topological polar surface area (TPSA) is 87.1 Å². The second-order valence-electron chi connectivity index (χ2n) is 19.0. The Hall–Kier alpha value is -2.48. The van der Waals surface area contributed by atoms with E-state index in [1.165, 1.54) is 6.42 Å². The van der Waals surface area contributed by atoms with Crippen molar-refractivity contribution >= 4 is 33.3 Å². The van der Waals surface area contributed by atoms with Crippen LogP contribution in [0.25, 0.3) is 10.1 Å². The van der Waals surface area contributed by atoms with Gasteiger partial charge in [0.15, 0.2) is 5.78 Å². The number of amides is 1. The molecule has 2 spiro atoms. The Morgan fingerprint density at radius 1 is 1.00 bits per heavy atom. The van der Waals surface area contributed by atoms with E-state index in [0.717, 1.165) is 71.9 Å². The number of Topliss-reactive ketones (excluding diaryl/α,β-unsaturated/α-hetero) is 1. The van der Waals surface area contributed by atoms with Gasteiger partial charge in [0.05, 0.1) is 23.1 Å². The fourth-order valence-corrected chi connectivity index (χ4v) is 14.1. The van der Waals surface area contributed by atoms with Crippen LogP contribution in [0.3, 0.4) is 0 Å². The van der Waals surface area contributed by atoms with Crippen LogP contribution in [0, 0.1) is 51.2 Å². The molecule has 1 heterocycles. The number of hydrogen-bond donors (Lipinski definition) is 2. The molecule has 7 heteroatoms. The van der Waals surface area contributed by atoms with Gasteiger partial charge in [-0.3, -0.25) is 4.79 Å². The molecule has 282 valence electrons. The molecule has 2 aromatic rings. The molecule has 7 aliphatic rings. The van der Waals surface area contributed by atoms with Gasteiger partial charge in [-0.05, 0) is 117 Å². The van der Waals surface area contributed by atoms with Crippen molar-refractivity contribution in [3.05, 3.63) is 59.0 Å². The van der Waals surface area contributed by atoms with Gasteiger partial charge in [0.1, 0.15) is 6.10 Å². The van der Waals surface area contributed by atoms with Crippen molar-refractivity contribution < 1.29 is 24.5 Å². The average molecular weight is 728 g/mol. The monoisotopic (exact) mass is 727 g/mol. The molecule has 7 aliphatic carbocycles. The maximum atomic E-state index is 15.1. The molecule has 0 aliphatic heterocycles. The van der Waals surface area contributed by atoms with Gasteiger partial charge in [-0.1, -0.05) is 84.4 Å². The zero-order chi connectivity index (χ0) is 36.8. The van der Waals surface area contributed by atoms with Crippen molar-refractivity contribution in [3.8, 4) is 0 Å². The standard InChI is InChI=1S/C45H61NO5S/c1-7-22-46(40(49)51-34-23-29(4)12-13-32(34)28(2)3)27-44(50)19-16-38-42(44,6)18-15-37-41(5)17-14-31(47)25-43(41)20-21-45(37,38)33(26-43)39(48)36-24-30-10-8-9-11-35(30)52-36/h8-11,20-21,24,26,28-29,31-32,34,37-38,47,50H,7,12-19,22-23,25,27H2,1-6H3/t29-,31?,32+,34-,37+,38+,41+,42-,43-,44+,45+/m0/s1. The lowest BCUT2D eigenvalue weighted by atomic mass is 9.32. The van der Waals surface area contributed by atoms with Gasteiger partial charge in [-0.2, -0.15) is 0 Å². The lowest BCUT2D eigenvalue weighted by molar-refractivity contribution is -0.175. The van der Waals surface area contributed by atoms with Gasteiger partial charge < -0.3 is 19.8 Å². The number of ether oxygens (including phenoxy) is 1. The third-order valence-corrected chi connectivity index (χ3v) is 17.1. The molecule has 11 atom stereocenters. The van der Waals surface area contributed by atoms with E-state index in [-0.39, 0.29) is 53.3 Å². The molecule has 4 saturated carbocycles. The van der Waals surface area contributed by atoms with Crippen molar-refractivity contribution in [3.63, 3.8) is 0 Å². The summed E-state index contributed by atoms with van der Waals surface area (Å²) in [5.74, 6) is 1.71. The van der Waals surface area contributed by atoms with Crippen molar-refractivity contribution in [2.45, 2.75) is 130 Å². The minimum Gasteiger partial charge on any atom is -0.446 e. The van der Waals surface area contributed by atoms with Crippen LogP contribution in [-0.2, 0) is 4.74 Å². The van der Waals surface area contributed by atoms with E-state index < -0.39 is 16.4 Å². The SMILES string of the molecule is CCCN(C[C@]1(O)CC[C@H]2[C@]34C=C[C@@]5(C=C3C(=O)c3cc6ccccc6s3)CC(O)CC[C@]5(C)[C@H]4CC[C@@]21C)C(=O)O[C@H]1C[C@@H](C)CC[C@@H]1C(C)C. The first-order chi connectivity index (χ1) is 24.7. The first kappa shape index (κ1) is 36.5. The summed E-state index contributed by atoms with van der Waals surface area (Å²) in [6, 6.07) is 10.3. The first-order valence-corrected chi connectivity index (χ1v) is 21.3. The lowest BCUT2D eigenvalue weighted by Gasteiger charge is -2.71. The number of aliphatic hydroxyl groups excluding tert-OH is 1. The zero-order valence-electron chi connectivity index (χ0n) is 32.3. The molecular formula is C45H61NO5S. The first-order valence-electron chi connectivity index (χ1n) is 20.5. The third-order valence-electron chi connectivity index (χ3n) is 16.0. The van der Waals surface area contributed by atoms with Gasteiger partial charge >= 0.3 is 6.09 Å².